The van der Waals surface area contributed by atoms with Crippen LogP contribution < -0.4 is 5.32 Å². The van der Waals surface area contributed by atoms with E-state index in [0.717, 1.165) is 23.1 Å². The van der Waals surface area contributed by atoms with Crippen molar-refractivity contribution in [2.75, 3.05) is 13.1 Å². The highest BCUT2D eigenvalue weighted by atomic mass is 32.1. The summed E-state index contributed by atoms with van der Waals surface area (Å²) in [5, 5.41) is 4.93. The minimum atomic E-state index is -0.888. The van der Waals surface area contributed by atoms with Crippen molar-refractivity contribution >= 4 is 23.2 Å². The molecule has 7 nitrogen and oxygen atoms in total. The van der Waals surface area contributed by atoms with Crippen molar-refractivity contribution in [2.45, 2.75) is 57.5 Å². The maximum Gasteiger partial charge on any atom is 0.261 e. The number of thiophene rings is 1. The standard InChI is InChI=1S/C35H38N2O5S/c1-2-20-37-29(22-36-34(38)30-19-12-21-43-30)31(40-23-26-13-6-3-7-14-26)32(41-24-27-15-8-4-9-16-27)33(35(37)39)42-25-28-17-10-5-11-18-28/h3-19,21,29,31-33H,2,20,22-25H2,1H3,(H,36,38)/t29-,31-,32-,33-/m1/s1. The number of piperidine rings is 1. The van der Waals surface area contributed by atoms with Crippen molar-refractivity contribution in [1.82, 2.24) is 10.2 Å². The SMILES string of the molecule is CCCN1C(=O)[C@H](OCc2ccccc2)[C@H](OCc2ccccc2)[C@H](OCc2ccccc2)[C@H]1CNC(=O)c1cccs1. The lowest BCUT2D eigenvalue weighted by Crippen LogP contribution is -2.68. The van der Waals surface area contributed by atoms with Crippen molar-refractivity contribution in [3.63, 3.8) is 0 Å². The van der Waals surface area contributed by atoms with Crippen molar-refractivity contribution < 1.29 is 23.8 Å². The zero-order chi connectivity index (χ0) is 29.9. The van der Waals surface area contributed by atoms with E-state index in [9.17, 15) is 9.59 Å². The van der Waals surface area contributed by atoms with Crippen LogP contribution in [0.25, 0.3) is 0 Å². The summed E-state index contributed by atoms with van der Waals surface area (Å²) in [4.78, 5) is 29.6. The van der Waals surface area contributed by atoms with Crippen LogP contribution in [0.4, 0.5) is 0 Å². The number of hydrogen-bond donors (Lipinski definition) is 1. The van der Waals surface area contributed by atoms with Crippen LogP contribution in [0, 0.1) is 0 Å². The molecule has 224 valence electrons. The molecule has 5 rings (SSSR count). The zero-order valence-corrected chi connectivity index (χ0v) is 25.2. The average Bonchev–Trinajstić information content (AvgIpc) is 3.60. The number of amides is 2. The highest BCUT2D eigenvalue weighted by Crippen LogP contribution is 2.30. The van der Waals surface area contributed by atoms with Gasteiger partial charge in [0, 0.05) is 13.1 Å². The van der Waals surface area contributed by atoms with Crippen LogP contribution in [0.3, 0.4) is 0 Å². The molecule has 4 atom stereocenters. The second-order valence-corrected chi connectivity index (χ2v) is 11.5. The van der Waals surface area contributed by atoms with E-state index in [2.05, 4.69) is 5.32 Å². The fourth-order valence-corrected chi connectivity index (χ4v) is 5.96. The maximum atomic E-state index is 14.2. The summed E-state index contributed by atoms with van der Waals surface area (Å²) in [6.07, 6.45) is -1.43. The van der Waals surface area contributed by atoms with Gasteiger partial charge in [-0.15, -0.1) is 11.3 Å². The minimum Gasteiger partial charge on any atom is -0.368 e. The van der Waals surface area contributed by atoms with E-state index >= 15 is 0 Å². The first kappa shape index (κ1) is 30.6. The molecule has 1 fully saturated rings. The highest BCUT2D eigenvalue weighted by Gasteiger charge is 2.50. The van der Waals surface area contributed by atoms with E-state index in [0.29, 0.717) is 18.0 Å². The first-order valence-corrected chi connectivity index (χ1v) is 15.6. The van der Waals surface area contributed by atoms with Gasteiger partial charge in [-0.05, 0) is 34.6 Å². The van der Waals surface area contributed by atoms with E-state index in [1.54, 1.807) is 6.07 Å². The molecule has 1 aliphatic heterocycles. The molecule has 2 heterocycles. The zero-order valence-electron chi connectivity index (χ0n) is 24.3. The normalized spacial score (nSPS) is 20.2. The van der Waals surface area contributed by atoms with Gasteiger partial charge in [-0.25, -0.2) is 0 Å². The molecule has 8 heteroatoms. The van der Waals surface area contributed by atoms with Crippen LogP contribution in [0.15, 0.2) is 109 Å². The number of likely N-dealkylation sites (tertiary alicyclic amines) is 1. The second-order valence-electron chi connectivity index (χ2n) is 10.5. The number of carbonyl (C=O) groups is 2. The van der Waals surface area contributed by atoms with Gasteiger partial charge < -0.3 is 24.4 Å². The van der Waals surface area contributed by atoms with Crippen LogP contribution in [-0.2, 0) is 38.8 Å². The molecule has 0 aliphatic carbocycles. The third kappa shape index (κ3) is 8.18. The van der Waals surface area contributed by atoms with Gasteiger partial charge in [0.25, 0.3) is 11.8 Å². The first-order chi connectivity index (χ1) is 21.1. The summed E-state index contributed by atoms with van der Waals surface area (Å²) in [5.41, 5.74) is 2.95. The van der Waals surface area contributed by atoms with Crippen LogP contribution >= 0.6 is 11.3 Å². The Morgan fingerprint density at radius 1 is 0.744 bits per heavy atom. The molecular weight excluding hydrogens is 560 g/mol. The van der Waals surface area contributed by atoms with Crippen LogP contribution in [0.2, 0.25) is 0 Å². The van der Waals surface area contributed by atoms with Gasteiger partial charge in [0.15, 0.2) is 6.10 Å². The predicted molar refractivity (Wildman–Crippen MR) is 168 cm³/mol. The monoisotopic (exact) mass is 598 g/mol. The van der Waals surface area contributed by atoms with Gasteiger partial charge in [-0.3, -0.25) is 9.59 Å². The van der Waals surface area contributed by atoms with Gasteiger partial charge in [0.2, 0.25) is 0 Å². The first-order valence-electron chi connectivity index (χ1n) is 14.7. The Labute approximate surface area is 257 Å². The Kier molecular flexibility index (Phi) is 11.1. The number of nitrogens with zero attached hydrogens (tertiary/aromatic N) is 1. The Morgan fingerprint density at radius 2 is 1.28 bits per heavy atom. The molecule has 1 N–H and O–H groups in total. The molecule has 2 amide bonds. The third-order valence-electron chi connectivity index (χ3n) is 7.45. The Balaban J connectivity index is 1.46. The summed E-state index contributed by atoms with van der Waals surface area (Å²) in [5.74, 6) is -0.337. The lowest BCUT2D eigenvalue weighted by atomic mass is 9.91. The third-order valence-corrected chi connectivity index (χ3v) is 8.32. The lowest BCUT2D eigenvalue weighted by molar-refractivity contribution is -0.208. The van der Waals surface area contributed by atoms with Crippen LogP contribution in [0.5, 0.6) is 0 Å². The molecule has 0 unspecified atom stereocenters. The lowest BCUT2D eigenvalue weighted by Gasteiger charge is -2.48. The smallest absolute Gasteiger partial charge is 0.261 e. The number of rotatable bonds is 14. The van der Waals surface area contributed by atoms with E-state index in [1.165, 1.54) is 11.3 Å². The number of nitrogens with one attached hydrogen (secondary N) is 1. The Bertz CT molecular complexity index is 1400. The van der Waals surface area contributed by atoms with Crippen molar-refractivity contribution in [3.05, 3.63) is 130 Å². The summed E-state index contributed by atoms with van der Waals surface area (Å²) in [6.45, 7) is 3.63. The van der Waals surface area contributed by atoms with E-state index in [4.69, 9.17) is 14.2 Å². The van der Waals surface area contributed by atoms with Gasteiger partial charge in [0.05, 0.1) is 30.7 Å². The minimum absolute atomic E-state index is 0.161. The Morgan fingerprint density at radius 3 is 1.79 bits per heavy atom. The fourth-order valence-electron chi connectivity index (χ4n) is 5.32. The Hall–Kier alpha value is -3.82. The topological polar surface area (TPSA) is 77.1 Å². The van der Waals surface area contributed by atoms with Crippen LogP contribution in [-0.4, -0.2) is 54.2 Å². The molecule has 3 aromatic carbocycles. The quantitative estimate of drug-likeness (QED) is 0.197. The van der Waals surface area contributed by atoms with Gasteiger partial charge in [-0.2, -0.15) is 0 Å². The summed E-state index contributed by atoms with van der Waals surface area (Å²) in [6, 6.07) is 32.8. The fraction of sp³-hybridized carbons (Fsp3) is 0.314. The second kappa shape index (κ2) is 15.6. The molecule has 0 saturated carbocycles. The van der Waals surface area contributed by atoms with Gasteiger partial charge >= 0.3 is 0 Å². The number of carbonyl (C=O) groups excluding carboxylic acids is 2. The number of hydrogen-bond acceptors (Lipinski definition) is 6. The summed E-state index contributed by atoms with van der Waals surface area (Å²) >= 11 is 1.38. The van der Waals surface area contributed by atoms with E-state index in [-0.39, 0.29) is 31.6 Å². The molecule has 0 spiro atoms. The van der Waals surface area contributed by atoms with Crippen molar-refractivity contribution in [2.24, 2.45) is 0 Å². The summed E-state index contributed by atoms with van der Waals surface area (Å²) < 4.78 is 19.6. The molecule has 4 aromatic rings. The van der Waals surface area contributed by atoms with E-state index in [1.807, 2.05) is 114 Å². The molecule has 0 bridgehead atoms. The van der Waals surface area contributed by atoms with Gasteiger partial charge in [-0.1, -0.05) is 104 Å². The van der Waals surface area contributed by atoms with Crippen molar-refractivity contribution in [3.8, 4) is 0 Å². The summed E-state index contributed by atoms with van der Waals surface area (Å²) in [7, 11) is 0. The molecule has 1 aromatic heterocycles. The van der Waals surface area contributed by atoms with E-state index < -0.39 is 24.4 Å². The predicted octanol–water partition coefficient (Wildman–Crippen LogP) is 5.85. The average molecular weight is 599 g/mol. The largest absolute Gasteiger partial charge is 0.368 e. The molecular formula is C35H38N2O5S. The molecule has 1 saturated heterocycles. The van der Waals surface area contributed by atoms with Crippen LogP contribution in [0.1, 0.15) is 39.7 Å². The highest BCUT2D eigenvalue weighted by molar-refractivity contribution is 7.12. The number of ether oxygens (including phenoxy) is 3. The molecule has 43 heavy (non-hydrogen) atoms. The van der Waals surface area contributed by atoms with Crippen molar-refractivity contribution in [1.29, 1.82) is 0 Å². The maximum absolute atomic E-state index is 14.2. The number of benzene rings is 3. The molecule has 0 radical (unpaired) electrons. The van der Waals surface area contributed by atoms with Gasteiger partial charge in [0.1, 0.15) is 12.2 Å². The molecule has 1 aliphatic rings.